The average molecular weight is 1710 g/mol. The van der Waals surface area contributed by atoms with Crippen molar-refractivity contribution in [2.75, 3.05) is 0 Å². The quantitative estimate of drug-likeness (QED) is 0.0674. The molecule has 0 aliphatic rings. The third kappa shape index (κ3) is 11.0. The molecule has 13 aromatic rings. The Balaban J connectivity index is 1.35. The summed E-state index contributed by atoms with van der Waals surface area (Å²) in [7, 11) is 0. The fraction of sp³-hybridized carbons (Fsp3) is 0. The minimum absolute atomic E-state index is 0.109. The van der Waals surface area contributed by atoms with Gasteiger partial charge >= 0.3 is 577 Å². The molecule has 522 valence electrons. The predicted octanol–water partition coefficient (Wildman–Crippen LogP) is 23.5. The van der Waals surface area contributed by atoms with Gasteiger partial charge < -0.3 is 0 Å². The molecule has 102 heavy (non-hydrogen) atoms. The number of hydrogen-bond acceptors (Lipinski definition) is 3. The van der Waals surface area contributed by atoms with Crippen molar-refractivity contribution in [2.45, 2.75) is 0 Å². The van der Waals surface area contributed by atoms with Crippen molar-refractivity contribution in [1.82, 2.24) is 0 Å². The van der Waals surface area contributed by atoms with Crippen LogP contribution >= 0.6 is 34.0 Å². The van der Waals surface area contributed by atoms with Crippen molar-refractivity contribution in [3.8, 4) is 66.8 Å². The van der Waals surface area contributed by atoms with Gasteiger partial charge in [-0.25, -0.2) is 0 Å². The molecule has 7 aromatic heterocycles. The fourth-order valence-corrected chi connectivity index (χ4v) is 22.2. The van der Waals surface area contributed by atoms with Crippen molar-refractivity contribution in [3.63, 3.8) is 0 Å². The van der Waals surface area contributed by atoms with Gasteiger partial charge in [-0.3, -0.25) is 0 Å². The molecule has 12 bridgehead atoms. The van der Waals surface area contributed by atoms with Crippen LogP contribution in [0.25, 0.3) is 121 Å². The van der Waals surface area contributed by atoms with E-state index >= 15 is 105 Å². The summed E-state index contributed by atoms with van der Waals surface area (Å²) in [5.41, 5.74) is -19.4. The molecule has 0 unspecified atom stereocenters. The summed E-state index contributed by atoms with van der Waals surface area (Å²) in [6.07, 6.45) is 0. The first-order chi connectivity index (χ1) is 48.1. The monoisotopic (exact) mass is 1710 g/mol. The summed E-state index contributed by atoms with van der Waals surface area (Å²) in [4.78, 5) is 0. The number of thiophene rings is 3. The van der Waals surface area contributed by atoms with Crippen LogP contribution in [0.2, 0.25) is 0 Å². The van der Waals surface area contributed by atoms with Gasteiger partial charge in [-0.15, -0.1) is 0 Å². The second-order valence-corrected chi connectivity index (χ2v) is 31.0. The van der Waals surface area contributed by atoms with Gasteiger partial charge in [0.2, 0.25) is 0 Å². The number of hydrogen-bond donors (Lipinski definition) is 0. The van der Waals surface area contributed by atoms with Crippen LogP contribution in [-0.4, -0.2) is 43.5 Å². The Morgan fingerprint density at radius 2 is 0.225 bits per heavy atom. The van der Waals surface area contributed by atoms with E-state index in [9.17, 15) is 26.3 Å². The molecule has 0 N–H and O–H groups in total. The summed E-state index contributed by atoms with van der Waals surface area (Å²) < 4.78 is 465. The normalized spacial score (nSPS) is 11.8. The molecule has 0 atom stereocenters. The van der Waals surface area contributed by atoms with Crippen LogP contribution in [0.4, 0.5) is 132 Å². The zero-order valence-electron chi connectivity index (χ0n) is 47.7. The van der Waals surface area contributed by atoms with E-state index in [1.165, 1.54) is 0 Å². The molecule has 7 heterocycles. The van der Waals surface area contributed by atoms with E-state index in [1.54, 1.807) is 0 Å². The standard InChI is InChI=1S/C66H12F30S3Se3/c67-37-31(38(68)50(80)61(91)49(37)79)25-13-1-2-14(97-13)26(32-39(69)51(81)62(92)52(82)40(32)70)20-9-10-22(101-20)28(34-43(73)55(85)64(94)56(86)44(34)74)16-5-6-18(99-16)30(36-47(77)59(89)66(96)60(90)48(36)78)24-12-11-23(102-24)29(35-45(75)57(87)65(95)58(88)46(35)76)17-4-3-15(98-17)27(21-8-7-19(25)100-21)33-41(71)53(83)63(93)54(84)42(33)72/h1-12H. The Morgan fingerprint density at radius 3 is 0.333 bits per heavy atom. The molecule has 0 saturated carbocycles. The Bertz CT molecular complexity index is 4900. The summed E-state index contributed by atoms with van der Waals surface area (Å²) in [5, 5.41) is 0. The summed E-state index contributed by atoms with van der Waals surface area (Å²) in [5.74, 6) is -82.5. The van der Waals surface area contributed by atoms with Gasteiger partial charge in [-0.05, 0) is 0 Å². The Hall–Kier alpha value is -8.46. The van der Waals surface area contributed by atoms with Crippen molar-refractivity contribution in [2.24, 2.45) is 0 Å². The van der Waals surface area contributed by atoms with E-state index in [2.05, 4.69) is 0 Å². The number of halogens is 30. The summed E-state index contributed by atoms with van der Waals surface area (Å²) >= 11 is -6.97. The Labute approximate surface area is 573 Å². The molecule has 0 saturated heterocycles. The van der Waals surface area contributed by atoms with Crippen molar-refractivity contribution >= 4 is 131 Å². The van der Waals surface area contributed by atoms with Crippen molar-refractivity contribution in [1.29, 1.82) is 0 Å². The molecular formula is C66H12F30S3Se3. The molecule has 0 radical (unpaired) electrons. The minimum atomic E-state index is -2.84. The molecule has 36 heteroatoms. The number of fused-ring (bicyclic) bond motifs is 12. The third-order valence-corrected chi connectivity index (χ3v) is 25.8. The topological polar surface area (TPSA) is 0 Å². The Morgan fingerprint density at radius 1 is 0.127 bits per heavy atom. The first-order valence-electron chi connectivity index (χ1n) is 27.1. The van der Waals surface area contributed by atoms with Crippen LogP contribution in [0.3, 0.4) is 0 Å². The van der Waals surface area contributed by atoms with Gasteiger partial charge in [0.25, 0.3) is 0 Å². The van der Waals surface area contributed by atoms with E-state index in [-0.39, 0.29) is 34.0 Å². The zero-order valence-corrected chi connectivity index (χ0v) is 55.3. The van der Waals surface area contributed by atoms with Crippen molar-refractivity contribution in [3.05, 3.63) is 247 Å². The molecule has 6 aromatic carbocycles. The van der Waals surface area contributed by atoms with Gasteiger partial charge in [0, 0.05) is 0 Å². The molecule has 0 aliphatic carbocycles. The van der Waals surface area contributed by atoms with Gasteiger partial charge in [0.05, 0.1) is 0 Å². The molecule has 13 rings (SSSR count). The molecule has 0 fully saturated rings. The molecule has 0 spiro atoms. The SMILES string of the molecule is Fc1c(F)c(F)c(-c2c3ccc(s3)c(-c3c(F)c(F)c(F)c(F)c3F)c3ccc([se]3)c(-c3c(F)c(F)c(F)c(F)c3F)c3ccc(s3)c(-c3c(F)c(F)c(F)c(F)c3F)c3ccc([se]3)c(-c3c(F)c(F)c(F)c(F)c3F)c3ccc(s3)c(-c3c(F)c(F)c(F)c(F)c3F)c3ccc2[se]3)c(F)c1F. The van der Waals surface area contributed by atoms with E-state index in [0.717, 1.165) is 0 Å². The van der Waals surface area contributed by atoms with Crippen LogP contribution in [0.15, 0.2) is 72.8 Å². The van der Waals surface area contributed by atoms with E-state index < -0.39 is 339 Å². The molecule has 0 aliphatic heterocycles. The Kier molecular flexibility index (Phi) is 18.6. The number of rotatable bonds is 6. The van der Waals surface area contributed by atoms with Gasteiger partial charge in [0.1, 0.15) is 0 Å². The first kappa shape index (κ1) is 71.9. The van der Waals surface area contributed by atoms with Crippen LogP contribution in [-0.2, 0) is 0 Å². The van der Waals surface area contributed by atoms with Crippen LogP contribution in [0.1, 0.15) is 0 Å². The maximum atomic E-state index is 16.6. The van der Waals surface area contributed by atoms with Crippen LogP contribution < -0.4 is 0 Å². The number of benzene rings is 6. The predicted molar refractivity (Wildman–Crippen MR) is 320 cm³/mol. The molecule has 0 amide bonds. The second kappa shape index (κ2) is 26.4. The summed E-state index contributed by atoms with van der Waals surface area (Å²) in [6.45, 7) is 0. The summed E-state index contributed by atoms with van der Waals surface area (Å²) in [6, 6.07) is 7.56. The van der Waals surface area contributed by atoms with Crippen molar-refractivity contribution < 1.29 is 132 Å². The molecular weight excluding hydrogens is 1700 g/mol. The zero-order chi connectivity index (χ0) is 73.9. The van der Waals surface area contributed by atoms with Crippen LogP contribution in [0.5, 0.6) is 0 Å². The fourth-order valence-electron chi connectivity index (χ4n) is 10.8. The molecule has 0 nitrogen and oxygen atoms in total. The maximum absolute atomic E-state index is 16.6. The van der Waals surface area contributed by atoms with Gasteiger partial charge in [-0.2, -0.15) is 0 Å². The van der Waals surface area contributed by atoms with E-state index in [1.807, 2.05) is 0 Å². The van der Waals surface area contributed by atoms with Gasteiger partial charge in [0.15, 0.2) is 0 Å². The van der Waals surface area contributed by atoms with E-state index in [4.69, 9.17) is 0 Å². The second-order valence-electron chi connectivity index (χ2n) is 20.9. The van der Waals surface area contributed by atoms with Gasteiger partial charge in [-0.1, -0.05) is 0 Å². The first-order valence-corrected chi connectivity index (χ1v) is 34.7. The van der Waals surface area contributed by atoms with E-state index in [0.29, 0.717) is 72.8 Å². The average Bonchev–Trinajstić information content (AvgIpc) is 1.59. The van der Waals surface area contributed by atoms with Crippen LogP contribution in [0, 0.1) is 175 Å². The third-order valence-electron chi connectivity index (χ3n) is 15.4.